The molecule has 0 aromatic carbocycles. The average Bonchev–Trinajstić information content (AvgIpc) is 3.53. The monoisotopic (exact) mass is 601 g/mol. The molecule has 2 unspecified atom stereocenters. The van der Waals surface area contributed by atoms with Crippen LogP contribution in [-0.2, 0) is 19.1 Å². The van der Waals surface area contributed by atoms with Crippen LogP contribution in [0.25, 0.3) is 0 Å². The molecule has 3 fully saturated rings. The van der Waals surface area contributed by atoms with Crippen molar-refractivity contribution < 1.29 is 24.2 Å². The summed E-state index contributed by atoms with van der Waals surface area (Å²) >= 11 is 0. The Bertz CT molecular complexity index is 1030. The minimum absolute atomic E-state index is 0.0259. The third-order valence-corrected chi connectivity index (χ3v) is 9.91. The summed E-state index contributed by atoms with van der Waals surface area (Å²) in [7, 11) is 0. The maximum absolute atomic E-state index is 15.0. The molecule has 3 aliphatic heterocycles. The second-order valence-corrected chi connectivity index (χ2v) is 14.9. The zero-order chi connectivity index (χ0) is 32.2. The first-order valence-corrected chi connectivity index (χ1v) is 16.6. The molecule has 8 heteroatoms. The van der Waals surface area contributed by atoms with Gasteiger partial charge in [0, 0.05) is 38.3 Å². The number of fused-ring (bicyclic) bond motifs is 1. The highest BCUT2D eigenvalue weighted by Crippen LogP contribution is 2.64. The van der Waals surface area contributed by atoms with E-state index in [-0.39, 0.29) is 29.7 Å². The van der Waals surface area contributed by atoms with Gasteiger partial charge in [-0.25, -0.2) is 0 Å². The van der Waals surface area contributed by atoms with Gasteiger partial charge in [-0.15, -0.1) is 13.2 Å². The van der Waals surface area contributed by atoms with Crippen molar-refractivity contribution in [3.8, 4) is 0 Å². The number of amides is 3. The van der Waals surface area contributed by atoms with Gasteiger partial charge in [-0.3, -0.25) is 14.4 Å². The standard InChI is InChI=1S/C35H59N3O5/c1-10-20-36(21-11-2)29(40)26-27-30(41)37(23-16-14-15-17-24-39)28(35(27)19-18-34(26,13-4)43-35)31(42)38(22-12-3)33(8,9)25-32(5,6)7/h10,12,26-28,39H,1,3,11,13-25H2,2,4-9H3/t26-,27+,28?,34+,35?/m1/s1. The highest BCUT2D eigenvalue weighted by molar-refractivity contribution is 5.99. The predicted molar refractivity (Wildman–Crippen MR) is 171 cm³/mol. The van der Waals surface area contributed by atoms with Crippen LogP contribution < -0.4 is 0 Å². The van der Waals surface area contributed by atoms with E-state index in [2.05, 4.69) is 47.8 Å². The largest absolute Gasteiger partial charge is 0.396 e. The molecular weight excluding hydrogens is 542 g/mol. The van der Waals surface area contributed by atoms with Crippen molar-refractivity contribution in [2.75, 3.05) is 32.8 Å². The van der Waals surface area contributed by atoms with E-state index in [0.717, 1.165) is 32.1 Å². The second kappa shape index (κ2) is 13.8. The van der Waals surface area contributed by atoms with E-state index in [1.54, 1.807) is 17.1 Å². The fourth-order valence-corrected chi connectivity index (χ4v) is 8.58. The molecule has 8 nitrogen and oxygen atoms in total. The quantitative estimate of drug-likeness (QED) is 0.179. The summed E-state index contributed by atoms with van der Waals surface area (Å²) < 4.78 is 7.04. The smallest absolute Gasteiger partial charge is 0.249 e. The SMILES string of the molecule is C=CCN(CCC)C(=O)[C@H]1[C@H]2C(=O)N(CCCCCCO)C(C(=O)N(CC=C)C(C)(C)CC(C)(C)C)C23CC[C@]1(CC)O3. The molecule has 0 radical (unpaired) electrons. The number of carbonyl (C=O) groups excluding carboxylic acids is 3. The summed E-state index contributed by atoms with van der Waals surface area (Å²) in [5.74, 6) is -1.63. The number of carbonyl (C=O) groups is 3. The van der Waals surface area contributed by atoms with Gasteiger partial charge in [-0.05, 0) is 64.2 Å². The molecule has 1 spiro atoms. The van der Waals surface area contributed by atoms with Gasteiger partial charge >= 0.3 is 0 Å². The van der Waals surface area contributed by atoms with Crippen LogP contribution in [0.5, 0.6) is 0 Å². The molecular formula is C35H59N3O5. The topological polar surface area (TPSA) is 90.4 Å². The van der Waals surface area contributed by atoms with Crippen LogP contribution in [-0.4, -0.2) is 93.1 Å². The lowest BCUT2D eigenvalue weighted by Gasteiger charge is -2.45. The summed E-state index contributed by atoms with van der Waals surface area (Å²) in [4.78, 5) is 49.3. The van der Waals surface area contributed by atoms with Crippen LogP contribution in [0.1, 0.15) is 106 Å². The van der Waals surface area contributed by atoms with Gasteiger partial charge in [-0.2, -0.15) is 0 Å². The molecule has 43 heavy (non-hydrogen) atoms. The van der Waals surface area contributed by atoms with Crippen molar-refractivity contribution in [1.29, 1.82) is 0 Å². The number of likely N-dealkylation sites (tertiary alicyclic amines) is 1. The molecule has 3 aliphatic rings. The Labute approximate surface area is 260 Å². The lowest BCUT2D eigenvalue weighted by Crippen LogP contribution is -2.61. The first-order chi connectivity index (χ1) is 20.2. The first-order valence-electron chi connectivity index (χ1n) is 16.6. The van der Waals surface area contributed by atoms with E-state index < -0.39 is 34.6 Å². The van der Waals surface area contributed by atoms with Gasteiger partial charge in [0.15, 0.2) is 0 Å². The van der Waals surface area contributed by atoms with Gasteiger partial charge in [0.1, 0.15) is 11.6 Å². The van der Waals surface area contributed by atoms with Gasteiger partial charge < -0.3 is 24.5 Å². The molecule has 244 valence electrons. The number of aliphatic hydroxyl groups is 1. The van der Waals surface area contributed by atoms with Crippen LogP contribution in [0.15, 0.2) is 25.3 Å². The lowest BCUT2D eigenvalue weighted by atomic mass is 9.64. The van der Waals surface area contributed by atoms with Crippen molar-refractivity contribution in [3.63, 3.8) is 0 Å². The van der Waals surface area contributed by atoms with Gasteiger partial charge in [0.2, 0.25) is 17.7 Å². The number of unbranched alkanes of at least 4 members (excludes halogenated alkanes) is 3. The normalized spacial score (nSPS) is 28.2. The third-order valence-electron chi connectivity index (χ3n) is 9.91. The van der Waals surface area contributed by atoms with Crippen LogP contribution >= 0.6 is 0 Å². The number of ether oxygens (including phenoxy) is 1. The minimum Gasteiger partial charge on any atom is -0.396 e. The van der Waals surface area contributed by atoms with E-state index in [9.17, 15) is 19.5 Å². The summed E-state index contributed by atoms with van der Waals surface area (Å²) in [6.07, 6.45) is 10.1. The van der Waals surface area contributed by atoms with Crippen LogP contribution in [0.4, 0.5) is 0 Å². The summed E-state index contributed by atoms with van der Waals surface area (Å²) in [5, 5.41) is 9.25. The molecule has 2 bridgehead atoms. The van der Waals surface area contributed by atoms with Crippen molar-refractivity contribution in [3.05, 3.63) is 25.3 Å². The molecule has 3 rings (SSSR count). The highest BCUT2D eigenvalue weighted by Gasteiger charge is 2.79. The zero-order valence-corrected chi connectivity index (χ0v) is 28.1. The lowest BCUT2D eigenvalue weighted by molar-refractivity contribution is -0.158. The Morgan fingerprint density at radius 2 is 1.67 bits per heavy atom. The molecule has 0 aromatic rings. The van der Waals surface area contributed by atoms with Gasteiger partial charge in [-0.1, -0.05) is 59.6 Å². The second-order valence-electron chi connectivity index (χ2n) is 14.9. The number of hydrogen-bond donors (Lipinski definition) is 1. The molecule has 3 amide bonds. The molecule has 0 aliphatic carbocycles. The Kier molecular flexibility index (Phi) is 11.4. The number of nitrogens with zero attached hydrogens (tertiary/aromatic N) is 3. The fraction of sp³-hybridized carbons (Fsp3) is 0.800. The maximum Gasteiger partial charge on any atom is 0.249 e. The number of aliphatic hydroxyl groups excluding tert-OH is 1. The first kappa shape index (κ1) is 35.3. The summed E-state index contributed by atoms with van der Waals surface area (Å²) in [6.45, 7) is 24.6. The van der Waals surface area contributed by atoms with E-state index in [0.29, 0.717) is 51.9 Å². The number of hydrogen-bond acceptors (Lipinski definition) is 5. The van der Waals surface area contributed by atoms with E-state index >= 15 is 0 Å². The van der Waals surface area contributed by atoms with E-state index in [4.69, 9.17) is 4.74 Å². The van der Waals surface area contributed by atoms with Crippen molar-refractivity contribution in [2.45, 2.75) is 129 Å². The summed E-state index contributed by atoms with van der Waals surface area (Å²) in [6, 6.07) is -0.799. The highest BCUT2D eigenvalue weighted by atomic mass is 16.5. The third kappa shape index (κ3) is 6.75. The Hall–Kier alpha value is -2.19. The van der Waals surface area contributed by atoms with Crippen molar-refractivity contribution in [1.82, 2.24) is 14.7 Å². The predicted octanol–water partition coefficient (Wildman–Crippen LogP) is 5.35. The molecule has 3 saturated heterocycles. The molecule has 5 atom stereocenters. The van der Waals surface area contributed by atoms with Crippen molar-refractivity contribution in [2.24, 2.45) is 17.3 Å². The molecule has 0 aromatic heterocycles. The Morgan fingerprint density at radius 3 is 2.23 bits per heavy atom. The Morgan fingerprint density at radius 1 is 1.02 bits per heavy atom. The van der Waals surface area contributed by atoms with E-state index in [1.165, 1.54) is 0 Å². The fourth-order valence-electron chi connectivity index (χ4n) is 8.58. The molecule has 3 heterocycles. The van der Waals surface area contributed by atoms with Crippen LogP contribution in [0.2, 0.25) is 0 Å². The summed E-state index contributed by atoms with van der Waals surface area (Å²) in [5.41, 5.74) is -2.33. The van der Waals surface area contributed by atoms with E-state index in [1.807, 2.05) is 23.6 Å². The maximum atomic E-state index is 15.0. The molecule has 0 saturated carbocycles. The zero-order valence-electron chi connectivity index (χ0n) is 28.1. The van der Waals surface area contributed by atoms with Gasteiger partial charge in [0.25, 0.3) is 0 Å². The minimum atomic E-state index is -1.04. The average molecular weight is 602 g/mol. The van der Waals surface area contributed by atoms with Crippen LogP contribution in [0, 0.1) is 17.3 Å². The van der Waals surface area contributed by atoms with Crippen LogP contribution in [0.3, 0.4) is 0 Å². The number of rotatable bonds is 17. The van der Waals surface area contributed by atoms with Crippen molar-refractivity contribution >= 4 is 17.7 Å². The van der Waals surface area contributed by atoms with Gasteiger partial charge in [0.05, 0.1) is 17.4 Å². The molecule has 1 N–H and O–H groups in total. The Balaban J connectivity index is 2.11.